The van der Waals surface area contributed by atoms with Gasteiger partial charge >= 0.3 is 0 Å². The second kappa shape index (κ2) is 11.4. The van der Waals surface area contributed by atoms with E-state index in [1.807, 2.05) is 13.0 Å². The number of hydrogen-bond acceptors (Lipinski definition) is 2. The Morgan fingerprint density at radius 2 is 1.57 bits per heavy atom. The Hall–Kier alpha value is -1.28. The third-order valence-electron chi connectivity index (χ3n) is 3.45. The van der Waals surface area contributed by atoms with E-state index >= 15 is 0 Å². The Morgan fingerprint density at radius 3 is 2.14 bits per heavy atom. The number of ether oxygens (including phenoxy) is 2. The zero-order valence-electron chi connectivity index (χ0n) is 14.1. The minimum atomic E-state index is 0.0714. The van der Waals surface area contributed by atoms with Crippen LogP contribution in [0.3, 0.4) is 0 Å². The molecule has 0 aromatic carbocycles. The van der Waals surface area contributed by atoms with Gasteiger partial charge < -0.3 is 9.47 Å². The lowest BCUT2D eigenvalue weighted by Crippen LogP contribution is -2.19. The van der Waals surface area contributed by atoms with Gasteiger partial charge in [-0.25, -0.2) is 0 Å². The third-order valence-corrected chi connectivity index (χ3v) is 3.45. The van der Waals surface area contributed by atoms with Crippen LogP contribution in [0.4, 0.5) is 0 Å². The lowest BCUT2D eigenvalue weighted by molar-refractivity contribution is -0.000564. The minimum absolute atomic E-state index is 0.0714. The molecule has 0 heterocycles. The predicted molar refractivity (Wildman–Crippen MR) is 92.2 cm³/mol. The van der Waals surface area contributed by atoms with Crippen LogP contribution in [0.2, 0.25) is 0 Å². The lowest BCUT2D eigenvalue weighted by Gasteiger charge is -2.19. The summed E-state index contributed by atoms with van der Waals surface area (Å²) in [5.41, 5.74) is 1.12. The fraction of sp³-hybridized carbons (Fsp3) is 0.579. The molecule has 2 heteroatoms. The highest BCUT2D eigenvalue weighted by molar-refractivity contribution is 5.11. The lowest BCUT2D eigenvalue weighted by atomic mass is 9.93. The summed E-state index contributed by atoms with van der Waals surface area (Å²) >= 11 is 0. The molecule has 3 unspecified atom stereocenters. The van der Waals surface area contributed by atoms with Gasteiger partial charge in [0.15, 0.2) is 0 Å². The molecule has 0 saturated carbocycles. The maximum atomic E-state index is 5.80. The number of rotatable bonds is 13. The Labute approximate surface area is 131 Å². The summed E-state index contributed by atoms with van der Waals surface area (Å²) in [7, 11) is 0. The van der Waals surface area contributed by atoms with Crippen molar-refractivity contribution in [3.05, 3.63) is 49.8 Å². The molecule has 0 amide bonds. The maximum Gasteiger partial charge on any atom is 0.114 e. The number of hydrogen-bond donors (Lipinski definition) is 0. The van der Waals surface area contributed by atoms with Gasteiger partial charge in [-0.15, -0.1) is 0 Å². The Balaban J connectivity index is 3.76. The van der Waals surface area contributed by atoms with Crippen molar-refractivity contribution in [1.82, 2.24) is 0 Å². The summed E-state index contributed by atoms with van der Waals surface area (Å²) in [6.07, 6.45) is 6.91. The van der Waals surface area contributed by atoms with Crippen molar-refractivity contribution in [2.45, 2.75) is 46.1 Å². The highest BCUT2D eigenvalue weighted by atomic mass is 16.5. The predicted octanol–water partition coefficient (Wildman–Crippen LogP) is 5.29. The van der Waals surface area contributed by atoms with Crippen molar-refractivity contribution >= 4 is 0 Å². The first-order valence-corrected chi connectivity index (χ1v) is 7.74. The van der Waals surface area contributed by atoms with E-state index in [1.54, 1.807) is 6.08 Å². The second-order valence-corrected chi connectivity index (χ2v) is 5.98. The topological polar surface area (TPSA) is 18.5 Å². The largest absolute Gasteiger partial charge is 0.492 e. The molecule has 0 N–H and O–H groups in total. The molecule has 0 aliphatic rings. The van der Waals surface area contributed by atoms with Gasteiger partial charge in [-0.3, -0.25) is 0 Å². The smallest absolute Gasteiger partial charge is 0.114 e. The average Bonchev–Trinajstić information content (AvgIpc) is 2.47. The van der Waals surface area contributed by atoms with Gasteiger partial charge in [0.2, 0.25) is 0 Å². The molecule has 0 aliphatic carbocycles. The van der Waals surface area contributed by atoms with E-state index in [9.17, 15) is 0 Å². The van der Waals surface area contributed by atoms with Crippen molar-refractivity contribution < 1.29 is 9.47 Å². The van der Waals surface area contributed by atoms with Gasteiger partial charge in [0, 0.05) is 6.61 Å². The summed E-state index contributed by atoms with van der Waals surface area (Å²) in [6, 6.07) is 0. The Morgan fingerprint density at radius 1 is 0.952 bits per heavy atom. The van der Waals surface area contributed by atoms with Crippen LogP contribution in [0, 0.1) is 11.8 Å². The molecule has 0 aromatic rings. The normalized spacial score (nSPS) is 14.8. The van der Waals surface area contributed by atoms with Crippen molar-refractivity contribution in [1.29, 1.82) is 0 Å². The van der Waals surface area contributed by atoms with Crippen molar-refractivity contribution in [3.63, 3.8) is 0 Å². The molecule has 0 aromatic heterocycles. The van der Waals surface area contributed by atoms with E-state index in [0.29, 0.717) is 24.2 Å². The molecular formula is C19H32O2. The Kier molecular flexibility index (Phi) is 10.7. The standard InChI is InChI=1S/C19H32O2/c1-8-15(3)12-16(4)10-11-17(5)13-20-19(7)14-21-18(6)9-2/h8-9,16-17,19H,1-3,6,10-14H2,4-5,7H3. The van der Waals surface area contributed by atoms with Crippen LogP contribution in [0.5, 0.6) is 0 Å². The molecule has 0 fully saturated rings. The first-order chi connectivity index (χ1) is 9.88. The van der Waals surface area contributed by atoms with Gasteiger partial charge in [0.1, 0.15) is 12.4 Å². The van der Waals surface area contributed by atoms with E-state index < -0.39 is 0 Å². The van der Waals surface area contributed by atoms with Crippen LogP contribution < -0.4 is 0 Å². The maximum absolute atomic E-state index is 5.80. The molecule has 3 atom stereocenters. The molecule has 2 nitrogen and oxygen atoms in total. The van der Waals surface area contributed by atoms with Crippen molar-refractivity contribution in [3.8, 4) is 0 Å². The van der Waals surface area contributed by atoms with Crippen LogP contribution >= 0.6 is 0 Å². The van der Waals surface area contributed by atoms with Gasteiger partial charge in [-0.05, 0) is 37.7 Å². The van der Waals surface area contributed by atoms with E-state index in [2.05, 4.69) is 40.2 Å². The average molecular weight is 292 g/mol. The minimum Gasteiger partial charge on any atom is -0.492 e. The monoisotopic (exact) mass is 292 g/mol. The van der Waals surface area contributed by atoms with Gasteiger partial charge in [0.25, 0.3) is 0 Å². The fourth-order valence-electron chi connectivity index (χ4n) is 1.95. The van der Waals surface area contributed by atoms with Crippen LogP contribution in [0.15, 0.2) is 49.8 Å². The molecule has 0 radical (unpaired) electrons. The van der Waals surface area contributed by atoms with E-state index in [-0.39, 0.29) is 6.10 Å². The van der Waals surface area contributed by atoms with Gasteiger partial charge in [-0.1, -0.05) is 58.2 Å². The first-order valence-electron chi connectivity index (χ1n) is 7.74. The molecule has 0 saturated heterocycles. The molecule has 0 spiro atoms. The zero-order valence-corrected chi connectivity index (χ0v) is 14.1. The van der Waals surface area contributed by atoms with Crippen LogP contribution in [-0.2, 0) is 9.47 Å². The highest BCUT2D eigenvalue weighted by Gasteiger charge is 2.10. The molecular weight excluding hydrogens is 260 g/mol. The van der Waals surface area contributed by atoms with E-state index in [4.69, 9.17) is 9.47 Å². The molecule has 21 heavy (non-hydrogen) atoms. The van der Waals surface area contributed by atoms with Gasteiger partial charge in [0.05, 0.1) is 6.10 Å². The molecule has 0 rings (SSSR count). The van der Waals surface area contributed by atoms with Crippen LogP contribution in [0.1, 0.15) is 40.0 Å². The summed E-state index contributed by atoms with van der Waals surface area (Å²) in [5, 5.41) is 0. The summed E-state index contributed by atoms with van der Waals surface area (Å²) in [6.45, 7) is 22.8. The van der Waals surface area contributed by atoms with Crippen molar-refractivity contribution in [2.75, 3.05) is 13.2 Å². The summed E-state index contributed by atoms with van der Waals surface area (Å²) in [4.78, 5) is 0. The van der Waals surface area contributed by atoms with Gasteiger partial charge in [-0.2, -0.15) is 0 Å². The van der Waals surface area contributed by atoms with Crippen LogP contribution in [-0.4, -0.2) is 19.3 Å². The molecule has 0 bridgehead atoms. The third kappa shape index (κ3) is 11.1. The molecule has 120 valence electrons. The van der Waals surface area contributed by atoms with E-state index in [0.717, 1.165) is 18.6 Å². The first kappa shape index (κ1) is 19.7. The zero-order chi connectivity index (χ0) is 16.3. The quantitative estimate of drug-likeness (QED) is 0.339. The summed E-state index contributed by atoms with van der Waals surface area (Å²) < 4.78 is 11.2. The fourth-order valence-corrected chi connectivity index (χ4v) is 1.95. The van der Waals surface area contributed by atoms with Crippen molar-refractivity contribution in [2.24, 2.45) is 11.8 Å². The summed E-state index contributed by atoms with van der Waals surface area (Å²) in [5.74, 6) is 1.79. The highest BCUT2D eigenvalue weighted by Crippen LogP contribution is 2.19. The van der Waals surface area contributed by atoms with Crippen LogP contribution in [0.25, 0.3) is 0 Å². The second-order valence-electron chi connectivity index (χ2n) is 5.98. The molecule has 0 aliphatic heterocycles. The Bertz CT molecular complexity index is 343. The number of allylic oxidation sites excluding steroid dienone is 3. The van der Waals surface area contributed by atoms with E-state index in [1.165, 1.54) is 12.8 Å². The SMILES string of the molecule is C=CC(=C)CC(C)CCC(C)COC(C)COC(=C)C=C.